The molecular weight excluding hydrogens is 320 g/mol. The lowest BCUT2D eigenvalue weighted by molar-refractivity contribution is 0.221. The van der Waals surface area contributed by atoms with Crippen molar-refractivity contribution in [2.45, 2.75) is 19.9 Å². The van der Waals surface area contributed by atoms with Gasteiger partial charge in [-0.15, -0.1) is 0 Å². The molecule has 0 saturated carbocycles. The van der Waals surface area contributed by atoms with Gasteiger partial charge in [-0.1, -0.05) is 12.1 Å². The maximum absolute atomic E-state index is 11.9. The van der Waals surface area contributed by atoms with Crippen molar-refractivity contribution in [1.82, 2.24) is 10.6 Å². The van der Waals surface area contributed by atoms with Crippen LogP contribution in [-0.2, 0) is 0 Å². The van der Waals surface area contributed by atoms with E-state index in [0.29, 0.717) is 12.4 Å². The summed E-state index contributed by atoms with van der Waals surface area (Å²) < 4.78 is 16.0. The van der Waals surface area contributed by atoms with Crippen LogP contribution in [0.25, 0.3) is 0 Å². The van der Waals surface area contributed by atoms with Gasteiger partial charge < -0.3 is 24.8 Å². The number of methoxy groups -OCH3 is 1. The fourth-order valence-corrected chi connectivity index (χ4v) is 2.21. The first kappa shape index (κ1) is 18.4. The van der Waals surface area contributed by atoms with E-state index in [2.05, 4.69) is 10.6 Å². The second kappa shape index (κ2) is 9.42. The number of ether oxygens (including phenoxy) is 3. The highest BCUT2D eigenvalue weighted by atomic mass is 16.5. The Labute approximate surface area is 148 Å². The number of carbonyl (C=O) groups is 1. The van der Waals surface area contributed by atoms with Crippen LogP contribution < -0.4 is 24.8 Å². The summed E-state index contributed by atoms with van der Waals surface area (Å²) >= 11 is 0. The zero-order valence-electron chi connectivity index (χ0n) is 14.7. The number of hydrogen-bond donors (Lipinski definition) is 2. The third-order valence-electron chi connectivity index (χ3n) is 3.57. The molecule has 0 saturated heterocycles. The Morgan fingerprint density at radius 1 is 0.960 bits per heavy atom. The van der Waals surface area contributed by atoms with Gasteiger partial charge in [-0.05, 0) is 55.8 Å². The molecule has 6 nitrogen and oxygen atoms in total. The maximum atomic E-state index is 11.9. The Hall–Kier alpha value is -2.89. The Morgan fingerprint density at radius 2 is 1.52 bits per heavy atom. The van der Waals surface area contributed by atoms with Gasteiger partial charge >= 0.3 is 6.03 Å². The Morgan fingerprint density at radius 3 is 2.08 bits per heavy atom. The summed E-state index contributed by atoms with van der Waals surface area (Å²) in [5.41, 5.74) is 0.989. The summed E-state index contributed by atoms with van der Waals surface area (Å²) in [7, 11) is 1.62. The number of rotatable bonds is 8. The molecule has 2 rings (SSSR count). The third-order valence-corrected chi connectivity index (χ3v) is 3.57. The van der Waals surface area contributed by atoms with Gasteiger partial charge in [-0.25, -0.2) is 4.79 Å². The van der Waals surface area contributed by atoms with Gasteiger partial charge in [0.25, 0.3) is 0 Å². The van der Waals surface area contributed by atoms with Crippen LogP contribution in [0.15, 0.2) is 48.5 Å². The maximum Gasteiger partial charge on any atom is 0.317 e. The van der Waals surface area contributed by atoms with E-state index in [4.69, 9.17) is 14.2 Å². The molecule has 1 atom stereocenters. The molecule has 0 aromatic heterocycles. The molecule has 0 fully saturated rings. The van der Waals surface area contributed by atoms with Crippen molar-refractivity contribution in [3.8, 4) is 17.2 Å². The Balaban J connectivity index is 1.74. The Kier molecular flexibility index (Phi) is 6.95. The minimum atomic E-state index is -0.297. The predicted octanol–water partition coefficient (Wildman–Crippen LogP) is 3.49. The topological polar surface area (TPSA) is 68.8 Å². The lowest BCUT2D eigenvalue weighted by Gasteiger charge is -2.16. The quantitative estimate of drug-likeness (QED) is 0.719. The van der Waals surface area contributed by atoms with E-state index in [-0.39, 0.29) is 18.8 Å². The zero-order chi connectivity index (χ0) is 18.1. The molecule has 0 aliphatic rings. The molecule has 0 aliphatic heterocycles. The van der Waals surface area contributed by atoms with Crippen LogP contribution in [0.2, 0.25) is 0 Å². The average molecular weight is 344 g/mol. The molecule has 134 valence electrons. The molecule has 6 heteroatoms. The van der Waals surface area contributed by atoms with Gasteiger partial charge in [0.05, 0.1) is 19.8 Å². The highest BCUT2D eigenvalue weighted by Gasteiger charge is 2.09. The molecule has 0 radical (unpaired) electrons. The van der Waals surface area contributed by atoms with E-state index in [9.17, 15) is 4.79 Å². The molecule has 2 aromatic carbocycles. The standard InChI is InChI=1S/C19H24N2O4/c1-4-24-17-9-11-18(12-10-17)25-13-20-19(22)21-14(2)15-5-7-16(23-3)8-6-15/h5-12,14H,4,13H2,1-3H3,(H2,20,21,22). The SMILES string of the molecule is CCOc1ccc(OCNC(=O)NC(C)c2ccc(OC)cc2)cc1. The summed E-state index contributed by atoms with van der Waals surface area (Å²) in [5.74, 6) is 2.23. The summed E-state index contributed by atoms with van der Waals surface area (Å²) in [6, 6.07) is 14.4. The fraction of sp³-hybridized carbons (Fsp3) is 0.316. The highest BCUT2D eigenvalue weighted by Crippen LogP contribution is 2.18. The van der Waals surface area contributed by atoms with Gasteiger partial charge in [0.15, 0.2) is 6.73 Å². The zero-order valence-corrected chi connectivity index (χ0v) is 14.7. The summed E-state index contributed by atoms with van der Waals surface area (Å²) in [6.07, 6.45) is 0. The lowest BCUT2D eigenvalue weighted by Crippen LogP contribution is -2.38. The second-order valence-corrected chi connectivity index (χ2v) is 5.34. The van der Waals surface area contributed by atoms with Crippen molar-refractivity contribution in [2.24, 2.45) is 0 Å². The minimum Gasteiger partial charge on any atom is -0.497 e. The van der Waals surface area contributed by atoms with Crippen LogP contribution in [0.1, 0.15) is 25.5 Å². The highest BCUT2D eigenvalue weighted by molar-refractivity contribution is 5.74. The van der Waals surface area contributed by atoms with Crippen LogP contribution in [0.5, 0.6) is 17.2 Å². The first-order valence-corrected chi connectivity index (χ1v) is 8.16. The monoisotopic (exact) mass is 344 g/mol. The minimum absolute atomic E-state index is 0.0785. The third kappa shape index (κ3) is 5.91. The largest absolute Gasteiger partial charge is 0.497 e. The number of carbonyl (C=O) groups excluding carboxylic acids is 1. The van der Waals surface area contributed by atoms with Crippen LogP contribution in [0, 0.1) is 0 Å². The number of amides is 2. The van der Waals surface area contributed by atoms with Gasteiger partial charge in [0.2, 0.25) is 0 Å². The van der Waals surface area contributed by atoms with Crippen LogP contribution in [0.3, 0.4) is 0 Å². The van der Waals surface area contributed by atoms with Crippen LogP contribution >= 0.6 is 0 Å². The van der Waals surface area contributed by atoms with Crippen LogP contribution in [-0.4, -0.2) is 26.5 Å². The van der Waals surface area contributed by atoms with Crippen LogP contribution in [0.4, 0.5) is 4.79 Å². The molecule has 2 N–H and O–H groups in total. The van der Waals surface area contributed by atoms with E-state index in [1.807, 2.05) is 50.2 Å². The summed E-state index contributed by atoms with van der Waals surface area (Å²) in [6.45, 7) is 4.54. The molecule has 0 aliphatic carbocycles. The molecule has 2 aromatic rings. The average Bonchev–Trinajstić information content (AvgIpc) is 2.63. The number of hydrogen-bond acceptors (Lipinski definition) is 4. The van der Waals surface area contributed by atoms with Crippen molar-refractivity contribution < 1.29 is 19.0 Å². The molecule has 0 spiro atoms. The second-order valence-electron chi connectivity index (χ2n) is 5.34. The summed E-state index contributed by atoms with van der Waals surface area (Å²) in [4.78, 5) is 11.9. The molecule has 2 amide bonds. The number of urea groups is 1. The number of benzene rings is 2. The van der Waals surface area contributed by atoms with Gasteiger partial charge in [-0.2, -0.15) is 0 Å². The van der Waals surface area contributed by atoms with E-state index in [1.165, 1.54) is 0 Å². The van der Waals surface area contributed by atoms with Crippen molar-refractivity contribution in [3.05, 3.63) is 54.1 Å². The van der Waals surface area contributed by atoms with E-state index < -0.39 is 0 Å². The first-order chi connectivity index (χ1) is 12.1. The lowest BCUT2D eigenvalue weighted by atomic mass is 10.1. The molecule has 0 bridgehead atoms. The fourth-order valence-electron chi connectivity index (χ4n) is 2.21. The van der Waals surface area contributed by atoms with E-state index >= 15 is 0 Å². The number of nitrogens with one attached hydrogen (secondary N) is 2. The van der Waals surface area contributed by atoms with E-state index in [1.54, 1.807) is 19.2 Å². The van der Waals surface area contributed by atoms with Gasteiger partial charge in [-0.3, -0.25) is 0 Å². The van der Waals surface area contributed by atoms with Crippen molar-refractivity contribution in [2.75, 3.05) is 20.4 Å². The first-order valence-electron chi connectivity index (χ1n) is 8.16. The normalized spacial score (nSPS) is 11.3. The van der Waals surface area contributed by atoms with Crippen molar-refractivity contribution in [1.29, 1.82) is 0 Å². The van der Waals surface area contributed by atoms with E-state index in [0.717, 1.165) is 17.1 Å². The Bertz CT molecular complexity index is 656. The summed E-state index contributed by atoms with van der Waals surface area (Å²) in [5, 5.41) is 5.52. The molecule has 0 heterocycles. The van der Waals surface area contributed by atoms with Gasteiger partial charge in [0, 0.05) is 0 Å². The molecule has 1 unspecified atom stereocenters. The predicted molar refractivity (Wildman–Crippen MR) is 96.2 cm³/mol. The molecule has 25 heavy (non-hydrogen) atoms. The van der Waals surface area contributed by atoms with Gasteiger partial charge in [0.1, 0.15) is 17.2 Å². The van der Waals surface area contributed by atoms with Crippen molar-refractivity contribution in [3.63, 3.8) is 0 Å². The van der Waals surface area contributed by atoms with Crippen molar-refractivity contribution >= 4 is 6.03 Å². The molecular formula is C19H24N2O4. The smallest absolute Gasteiger partial charge is 0.317 e.